The minimum atomic E-state index is -0.430. The molecule has 86 valence electrons. The fraction of sp³-hybridized carbons (Fsp3) is 0.417. The average Bonchev–Trinajstić information content (AvgIpc) is 2.73. The van der Waals surface area contributed by atoms with Gasteiger partial charge in [-0.3, -0.25) is 0 Å². The summed E-state index contributed by atoms with van der Waals surface area (Å²) in [6, 6.07) is 8.81. The van der Waals surface area contributed by atoms with Gasteiger partial charge < -0.3 is 14.6 Å². The van der Waals surface area contributed by atoms with Gasteiger partial charge in [-0.05, 0) is 12.1 Å². The maximum Gasteiger partial charge on any atom is 0.338 e. The summed E-state index contributed by atoms with van der Waals surface area (Å²) in [6.45, 7) is 0.526. The molecule has 16 heavy (non-hydrogen) atoms. The number of aliphatic hydroxyl groups excluding tert-OH is 1. The SMILES string of the molecule is O=C(OCC1CC(O)CO1)c1ccccc1. The second-order valence-electron chi connectivity index (χ2n) is 3.81. The highest BCUT2D eigenvalue weighted by Gasteiger charge is 2.24. The van der Waals surface area contributed by atoms with Gasteiger partial charge in [-0.1, -0.05) is 18.2 Å². The average molecular weight is 222 g/mol. The second-order valence-corrected chi connectivity index (χ2v) is 3.81. The molecular formula is C12H14O4. The lowest BCUT2D eigenvalue weighted by Crippen LogP contribution is -2.18. The van der Waals surface area contributed by atoms with Crippen LogP contribution < -0.4 is 0 Å². The number of carbonyl (C=O) groups excluding carboxylic acids is 1. The monoisotopic (exact) mass is 222 g/mol. The summed E-state index contributed by atoms with van der Waals surface area (Å²) in [7, 11) is 0. The number of aliphatic hydroxyl groups is 1. The maximum absolute atomic E-state index is 11.5. The van der Waals surface area contributed by atoms with Crippen LogP contribution in [0.15, 0.2) is 30.3 Å². The Morgan fingerprint density at radius 2 is 2.19 bits per heavy atom. The number of carbonyl (C=O) groups is 1. The van der Waals surface area contributed by atoms with E-state index in [2.05, 4.69) is 0 Å². The molecule has 4 heteroatoms. The van der Waals surface area contributed by atoms with Crippen molar-refractivity contribution in [2.24, 2.45) is 0 Å². The van der Waals surface area contributed by atoms with Gasteiger partial charge in [-0.2, -0.15) is 0 Å². The molecule has 1 aromatic carbocycles. The predicted octanol–water partition coefficient (Wildman–Crippen LogP) is 0.993. The summed E-state index contributed by atoms with van der Waals surface area (Å²) in [6.07, 6.45) is -0.0784. The van der Waals surface area contributed by atoms with E-state index in [4.69, 9.17) is 9.47 Å². The lowest BCUT2D eigenvalue weighted by Gasteiger charge is -2.09. The molecule has 0 aromatic heterocycles. The van der Waals surface area contributed by atoms with Crippen molar-refractivity contribution in [1.82, 2.24) is 0 Å². The zero-order valence-corrected chi connectivity index (χ0v) is 8.83. The van der Waals surface area contributed by atoms with E-state index in [9.17, 15) is 9.90 Å². The predicted molar refractivity (Wildman–Crippen MR) is 57.1 cm³/mol. The van der Waals surface area contributed by atoms with Crippen LogP contribution in [0.4, 0.5) is 0 Å². The van der Waals surface area contributed by atoms with Crippen molar-refractivity contribution in [1.29, 1.82) is 0 Å². The topological polar surface area (TPSA) is 55.8 Å². The molecule has 2 atom stereocenters. The van der Waals surface area contributed by atoms with E-state index in [0.717, 1.165) is 0 Å². The minimum Gasteiger partial charge on any atom is -0.459 e. The summed E-state index contributed by atoms with van der Waals surface area (Å²) in [5.74, 6) is -0.356. The first-order valence-electron chi connectivity index (χ1n) is 5.27. The Morgan fingerprint density at radius 3 is 2.81 bits per heavy atom. The molecule has 0 spiro atoms. The third-order valence-corrected chi connectivity index (χ3v) is 2.47. The molecule has 1 aliphatic heterocycles. The number of benzene rings is 1. The van der Waals surface area contributed by atoms with Crippen molar-refractivity contribution < 1.29 is 19.4 Å². The smallest absolute Gasteiger partial charge is 0.338 e. The summed E-state index contributed by atoms with van der Waals surface area (Å²) >= 11 is 0. The lowest BCUT2D eigenvalue weighted by atomic mass is 10.2. The van der Waals surface area contributed by atoms with Crippen LogP contribution in [-0.2, 0) is 9.47 Å². The Bertz CT molecular complexity index is 349. The lowest BCUT2D eigenvalue weighted by molar-refractivity contribution is 0.0147. The van der Waals surface area contributed by atoms with E-state index < -0.39 is 6.10 Å². The number of rotatable bonds is 3. The minimum absolute atomic E-state index is 0.178. The van der Waals surface area contributed by atoms with Gasteiger partial charge in [-0.25, -0.2) is 4.79 Å². The Labute approximate surface area is 93.8 Å². The van der Waals surface area contributed by atoms with Crippen LogP contribution >= 0.6 is 0 Å². The molecule has 1 aliphatic rings. The molecule has 0 amide bonds. The van der Waals surface area contributed by atoms with Crippen LogP contribution in [0, 0.1) is 0 Å². The number of hydrogen-bond donors (Lipinski definition) is 1. The fourth-order valence-corrected chi connectivity index (χ4v) is 1.63. The molecule has 0 radical (unpaired) electrons. The third kappa shape index (κ3) is 2.81. The van der Waals surface area contributed by atoms with Crippen molar-refractivity contribution in [3.8, 4) is 0 Å². The maximum atomic E-state index is 11.5. The fourth-order valence-electron chi connectivity index (χ4n) is 1.63. The number of esters is 1. The molecule has 1 fully saturated rings. The molecule has 4 nitrogen and oxygen atoms in total. The van der Waals surface area contributed by atoms with Crippen molar-refractivity contribution in [3.63, 3.8) is 0 Å². The van der Waals surface area contributed by atoms with Gasteiger partial charge in [0.2, 0.25) is 0 Å². The Balaban J connectivity index is 1.80. The van der Waals surface area contributed by atoms with Gasteiger partial charge in [0.1, 0.15) is 6.61 Å². The number of hydrogen-bond acceptors (Lipinski definition) is 4. The largest absolute Gasteiger partial charge is 0.459 e. The highest BCUT2D eigenvalue weighted by atomic mass is 16.6. The zero-order valence-electron chi connectivity index (χ0n) is 8.83. The van der Waals surface area contributed by atoms with Crippen molar-refractivity contribution in [3.05, 3.63) is 35.9 Å². The molecule has 2 rings (SSSR count). The van der Waals surface area contributed by atoms with Gasteiger partial charge in [0.25, 0.3) is 0 Å². The summed E-state index contributed by atoms with van der Waals surface area (Å²) in [5, 5.41) is 9.22. The van der Waals surface area contributed by atoms with Gasteiger partial charge >= 0.3 is 5.97 Å². The second kappa shape index (κ2) is 5.09. The Morgan fingerprint density at radius 1 is 1.44 bits per heavy atom. The first-order chi connectivity index (χ1) is 7.75. The van der Waals surface area contributed by atoms with Gasteiger partial charge in [0.05, 0.1) is 24.4 Å². The third-order valence-electron chi connectivity index (χ3n) is 2.47. The molecule has 1 N–H and O–H groups in total. The summed E-state index contributed by atoms with van der Waals surface area (Å²) < 4.78 is 10.3. The van der Waals surface area contributed by atoms with E-state index in [-0.39, 0.29) is 18.7 Å². The first-order valence-corrected chi connectivity index (χ1v) is 5.27. The van der Waals surface area contributed by atoms with Crippen LogP contribution in [-0.4, -0.2) is 36.5 Å². The van der Waals surface area contributed by atoms with Crippen LogP contribution in [0.3, 0.4) is 0 Å². The van der Waals surface area contributed by atoms with Gasteiger partial charge in [0, 0.05) is 6.42 Å². The number of ether oxygens (including phenoxy) is 2. The first kappa shape index (κ1) is 11.1. The molecule has 0 saturated carbocycles. The standard InChI is InChI=1S/C12H14O4/c13-10-6-11(15-7-10)8-16-12(14)9-4-2-1-3-5-9/h1-5,10-11,13H,6-8H2. The molecule has 1 saturated heterocycles. The van der Waals surface area contributed by atoms with Gasteiger partial charge in [-0.15, -0.1) is 0 Å². The van der Waals surface area contributed by atoms with E-state index >= 15 is 0 Å². The van der Waals surface area contributed by atoms with Crippen LogP contribution in [0.1, 0.15) is 16.8 Å². The van der Waals surface area contributed by atoms with E-state index in [0.29, 0.717) is 18.6 Å². The summed E-state index contributed by atoms with van der Waals surface area (Å²) in [4.78, 5) is 11.5. The Hall–Kier alpha value is -1.39. The van der Waals surface area contributed by atoms with Crippen LogP contribution in [0.25, 0.3) is 0 Å². The molecular weight excluding hydrogens is 208 g/mol. The van der Waals surface area contributed by atoms with Crippen LogP contribution in [0.5, 0.6) is 0 Å². The highest BCUT2D eigenvalue weighted by Crippen LogP contribution is 2.13. The summed E-state index contributed by atoms with van der Waals surface area (Å²) in [5.41, 5.74) is 0.529. The van der Waals surface area contributed by atoms with E-state index in [1.165, 1.54) is 0 Å². The molecule has 0 bridgehead atoms. The van der Waals surface area contributed by atoms with Crippen LogP contribution in [0.2, 0.25) is 0 Å². The van der Waals surface area contributed by atoms with Gasteiger partial charge in [0.15, 0.2) is 0 Å². The van der Waals surface area contributed by atoms with E-state index in [1.807, 2.05) is 6.07 Å². The Kier molecular flexibility index (Phi) is 3.54. The van der Waals surface area contributed by atoms with Crippen molar-refractivity contribution in [2.45, 2.75) is 18.6 Å². The molecule has 2 unspecified atom stereocenters. The normalized spacial score (nSPS) is 24.3. The van der Waals surface area contributed by atoms with E-state index in [1.54, 1.807) is 24.3 Å². The molecule has 0 aliphatic carbocycles. The zero-order chi connectivity index (χ0) is 11.4. The van der Waals surface area contributed by atoms with Crippen molar-refractivity contribution >= 4 is 5.97 Å². The quantitative estimate of drug-likeness (QED) is 0.775. The molecule has 1 heterocycles. The van der Waals surface area contributed by atoms with Crippen molar-refractivity contribution in [2.75, 3.05) is 13.2 Å². The molecule has 1 aromatic rings. The highest BCUT2D eigenvalue weighted by molar-refractivity contribution is 5.89.